The number of carbonyl (C=O) groups is 3. The van der Waals surface area contributed by atoms with Crippen LogP contribution in [0.15, 0.2) is 72.5 Å². The molecule has 10 heteroatoms. The Balaban J connectivity index is 1.62. The maximum absolute atomic E-state index is 14.1. The van der Waals surface area contributed by atoms with Crippen LogP contribution in [0.25, 0.3) is 0 Å². The van der Waals surface area contributed by atoms with Crippen LogP contribution in [0.2, 0.25) is 0 Å². The quantitative estimate of drug-likeness (QED) is 0.422. The van der Waals surface area contributed by atoms with E-state index >= 15 is 0 Å². The Bertz CT molecular complexity index is 1260. The summed E-state index contributed by atoms with van der Waals surface area (Å²) in [6.07, 6.45) is 1.55. The Kier molecular flexibility index (Phi) is 8.52. The van der Waals surface area contributed by atoms with E-state index in [1.807, 2.05) is 4.90 Å². The van der Waals surface area contributed by atoms with Gasteiger partial charge >= 0.3 is 12.0 Å². The molecule has 1 atom stereocenters. The normalized spacial score (nSPS) is 18.3. The number of hydrogen-bond acceptors (Lipinski definition) is 5. The van der Waals surface area contributed by atoms with E-state index in [0.29, 0.717) is 37.4 Å². The fourth-order valence-electron chi connectivity index (χ4n) is 4.71. The number of ether oxygens (including phenoxy) is 1. The molecule has 2 heterocycles. The van der Waals surface area contributed by atoms with E-state index in [1.54, 1.807) is 30.0 Å². The first-order valence-corrected chi connectivity index (χ1v) is 12.4. The molecule has 0 radical (unpaired) electrons. The maximum atomic E-state index is 14.1. The fraction of sp³-hybridized carbons (Fsp3) is 0.321. The van der Waals surface area contributed by atoms with Gasteiger partial charge in [0.05, 0.1) is 23.8 Å². The molecule has 0 spiro atoms. The summed E-state index contributed by atoms with van der Waals surface area (Å²) in [5, 5.41) is 2.80. The molecule has 0 aliphatic carbocycles. The SMILES string of the molecule is C=CCN1C(=O)NC(c2cccc(F)c2)C(C(=O)OCC)=C1CN1CCN(C(=O)c2ccccc2F)CC1. The van der Waals surface area contributed by atoms with Crippen molar-refractivity contribution in [1.82, 2.24) is 20.0 Å². The molecule has 3 amide bonds. The van der Waals surface area contributed by atoms with Gasteiger partial charge < -0.3 is 15.0 Å². The molecule has 2 aromatic rings. The molecule has 1 saturated heterocycles. The van der Waals surface area contributed by atoms with Crippen LogP contribution >= 0.6 is 0 Å². The molecule has 8 nitrogen and oxygen atoms in total. The van der Waals surface area contributed by atoms with E-state index in [2.05, 4.69) is 11.9 Å². The molecule has 0 aromatic heterocycles. The number of rotatable bonds is 8. The lowest BCUT2D eigenvalue weighted by Gasteiger charge is -2.40. The van der Waals surface area contributed by atoms with Crippen molar-refractivity contribution in [3.63, 3.8) is 0 Å². The zero-order valence-electron chi connectivity index (χ0n) is 21.2. The lowest BCUT2D eigenvalue weighted by atomic mass is 9.94. The third-order valence-electron chi connectivity index (χ3n) is 6.56. The summed E-state index contributed by atoms with van der Waals surface area (Å²) >= 11 is 0. The summed E-state index contributed by atoms with van der Waals surface area (Å²) in [4.78, 5) is 44.2. The van der Waals surface area contributed by atoms with Crippen molar-refractivity contribution >= 4 is 17.9 Å². The summed E-state index contributed by atoms with van der Waals surface area (Å²) < 4.78 is 33.6. The summed E-state index contributed by atoms with van der Waals surface area (Å²) in [6.45, 7) is 7.46. The number of esters is 1. The highest BCUT2D eigenvalue weighted by molar-refractivity contribution is 5.95. The van der Waals surface area contributed by atoms with Crippen LogP contribution in [0, 0.1) is 11.6 Å². The molecule has 1 fully saturated rings. The van der Waals surface area contributed by atoms with Gasteiger partial charge in [-0.3, -0.25) is 14.6 Å². The van der Waals surface area contributed by atoms with Gasteiger partial charge in [-0.05, 0) is 36.8 Å². The smallest absolute Gasteiger partial charge is 0.338 e. The number of carbonyl (C=O) groups excluding carboxylic acids is 3. The number of amides is 3. The second-order valence-corrected chi connectivity index (χ2v) is 8.97. The van der Waals surface area contributed by atoms with E-state index < -0.39 is 29.7 Å². The van der Waals surface area contributed by atoms with E-state index in [-0.39, 0.29) is 36.7 Å². The van der Waals surface area contributed by atoms with Gasteiger partial charge in [0.25, 0.3) is 5.91 Å². The number of nitrogens with zero attached hydrogens (tertiary/aromatic N) is 3. The Labute approximate surface area is 220 Å². The van der Waals surface area contributed by atoms with Gasteiger partial charge in [0.15, 0.2) is 0 Å². The monoisotopic (exact) mass is 524 g/mol. The molecule has 1 N–H and O–H groups in total. The van der Waals surface area contributed by atoms with Gasteiger partial charge in [0, 0.05) is 45.0 Å². The number of nitrogens with one attached hydrogen (secondary N) is 1. The standard InChI is InChI=1S/C28H30F2N4O4/c1-3-12-34-23(18-32-13-15-33(16-14-32)26(35)21-10-5-6-11-22(21)30)24(27(36)38-4-2)25(31-28(34)37)19-8-7-9-20(29)17-19/h3,5-11,17,25H,1,4,12-16,18H2,2H3,(H,31,37). The number of halogens is 2. The van der Waals surface area contributed by atoms with Gasteiger partial charge in [-0.1, -0.05) is 30.3 Å². The summed E-state index contributed by atoms with van der Waals surface area (Å²) in [5.41, 5.74) is 1.07. The van der Waals surface area contributed by atoms with Crippen LogP contribution in [-0.2, 0) is 9.53 Å². The molecule has 2 aromatic carbocycles. The second-order valence-electron chi connectivity index (χ2n) is 8.97. The van der Waals surface area contributed by atoms with Crippen LogP contribution < -0.4 is 5.32 Å². The average molecular weight is 525 g/mol. The third kappa shape index (κ3) is 5.75. The van der Waals surface area contributed by atoms with Crippen molar-refractivity contribution in [2.24, 2.45) is 0 Å². The zero-order chi connectivity index (χ0) is 27.2. The Morgan fingerprint density at radius 2 is 1.84 bits per heavy atom. The van der Waals surface area contributed by atoms with E-state index in [0.717, 1.165) is 0 Å². The van der Waals surface area contributed by atoms with Crippen molar-refractivity contribution in [3.05, 3.63) is 95.2 Å². The molecule has 200 valence electrons. The summed E-state index contributed by atoms with van der Waals surface area (Å²) in [7, 11) is 0. The average Bonchev–Trinajstić information content (AvgIpc) is 2.91. The first kappa shape index (κ1) is 27.0. The lowest BCUT2D eigenvalue weighted by molar-refractivity contribution is -0.139. The van der Waals surface area contributed by atoms with Crippen molar-refractivity contribution in [1.29, 1.82) is 0 Å². The van der Waals surface area contributed by atoms with Gasteiger partial charge in [-0.15, -0.1) is 6.58 Å². The number of piperazine rings is 1. The fourth-order valence-corrected chi connectivity index (χ4v) is 4.71. The molecule has 0 bridgehead atoms. The molecule has 2 aliphatic rings. The number of urea groups is 1. The van der Waals surface area contributed by atoms with Crippen LogP contribution in [0.4, 0.5) is 13.6 Å². The molecule has 4 rings (SSSR count). The molecular weight excluding hydrogens is 494 g/mol. The molecule has 0 saturated carbocycles. The predicted molar refractivity (Wildman–Crippen MR) is 137 cm³/mol. The zero-order valence-corrected chi connectivity index (χ0v) is 21.2. The topological polar surface area (TPSA) is 82.2 Å². The minimum atomic E-state index is -0.905. The highest BCUT2D eigenvalue weighted by Crippen LogP contribution is 2.32. The van der Waals surface area contributed by atoms with E-state index in [1.165, 1.54) is 41.3 Å². The first-order chi connectivity index (χ1) is 18.3. The summed E-state index contributed by atoms with van der Waals surface area (Å²) in [5.74, 6) is -2.06. The first-order valence-electron chi connectivity index (χ1n) is 12.4. The molecule has 2 aliphatic heterocycles. The Morgan fingerprint density at radius 3 is 2.50 bits per heavy atom. The Morgan fingerprint density at radius 1 is 1.11 bits per heavy atom. The van der Waals surface area contributed by atoms with Crippen LogP contribution in [0.3, 0.4) is 0 Å². The minimum absolute atomic E-state index is 0.0206. The van der Waals surface area contributed by atoms with Gasteiger partial charge in [-0.2, -0.15) is 0 Å². The largest absolute Gasteiger partial charge is 0.463 e. The van der Waals surface area contributed by atoms with Crippen molar-refractivity contribution in [2.45, 2.75) is 13.0 Å². The Hall–Kier alpha value is -4.05. The molecular formula is C28H30F2N4O4. The molecule has 38 heavy (non-hydrogen) atoms. The van der Waals surface area contributed by atoms with Crippen molar-refractivity contribution < 1.29 is 27.9 Å². The number of benzene rings is 2. The summed E-state index contributed by atoms with van der Waals surface area (Å²) in [6, 6.07) is 10.2. The number of hydrogen-bond donors (Lipinski definition) is 1. The highest BCUT2D eigenvalue weighted by Gasteiger charge is 2.39. The highest BCUT2D eigenvalue weighted by atomic mass is 19.1. The maximum Gasteiger partial charge on any atom is 0.338 e. The lowest BCUT2D eigenvalue weighted by Crippen LogP contribution is -2.54. The van der Waals surface area contributed by atoms with Crippen molar-refractivity contribution in [2.75, 3.05) is 45.9 Å². The van der Waals surface area contributed by atoms with E-state index in [4.69, 9.17) is 4.74 Å². The van der Waals surface area contributed by atoms with Gasteiger partial charge in [0.2, 0.25) is 0 Å². The van der Waals surface area contributed by atoms with Crippen LogP contribution in [0.5, 0.6) is 0 Å². The van der Waals surface area contributed by atoms with Crippen LogP contribution in [0.1, 0.15) is 28.9 Å². The second kappa shape index (κ2) is 12.0. The van der Waals surface area contributed by atoms with E-state index in [9.17, 15) is 23.2 Å². The molecule has 1 unspecified atom stereocenters. The van der Waals surface area contributed by atoms with Gasteiger partial charge in [-0.25, -0.2) is 18.4 Å². The van der Waals surface area contributed by atoms with Crippen LogP contribution in [-0.4, -0.2) is 78.5 Å². The minimum Gasteiger partial charge on any atom is -0.463 e. The third-order valence-corrected chi connectivity index (χ3v) is 6.56. The predicted octanol–water partition coefficient (Wildman–Crippen LogP) is 3.49. The van der Waals surface area contributed by atoms with Crippen molar-refractivity contribution in [3.8, 4) is 0 Å². The van der Waals surface area contributed by atoms with Gasteiger partial charge in [0.1, 0.15) is 11.6 Å².